The van der Waals surface area contributed by atoms with Gasteiger partial charge in [0.05, 0.1) is 21.6 Å². The number of hydrogen-bond acceptors (Lipinski definition) is 8. The Morgan fingerprint density at radius 2 is 1.79 bits per heavy atom. The molecule has 0 amide bonds. The summed E-state index contributed by atoms with van der Waals surface area (Å²) in [4.78, 5) is 20.2. The molecular weight excluding hydrogens is 320 g/mol. The number of non-ortho nitro benzene ring substituents is 1. The van der Waals surface area contributed by atoms with Crippen LogP contribution < -0.4 is 5.43 Å². The number of phenols is 2. The maximum Gasteiger partial charge on any atom is 0.301 e. The van der Waals surface area contributed by atoms with Gasteiger partial charge in [0.2, 0.25) is 0 Å². The zero-order chi connectivity index (χ0) is 17.9. The molecule has 10 nitrogen and oxygen atoms in total. The molecule has 0 unspecified atom stereocenters. The number of benzene rings is 2. The predicted octanol–water partition coefficient (Wildman–Crippen LogP) is 2.75. The molecule has 0 radical (unpaired) electrons. The van der Waals surface area contributed by atoms with E-state index in [1.54, 1.807) is 0 Å². The van der Waals surface area contributed by atoms with Gasteiger partial charge in [0.15, 0.2) is 0 Å². The smallest absolute Gasteiger partial charge is 0.301 e. The van der Waals surface area contributed by atoms with E-state index in [1.807, 2.05) is 0 Å². The van der Waals surface area contributed by atoms with Crippen LogP contribution in [-0.2, 0) is 0 Å². The molecule has 0 atom stereocenters. The molecule has 2 rings (SSSR count). The molecule has 10 heteroatoms. The number of nitrogens with one attached hydrogen (secondary N) is 1. The van der Waals surface area contributed by atoms with Crippen LogP contribution in [0.15, 0.2) is 41.5 Å². The normalized spacial score (nSPS) is 11.1. The Labute approximate surface area is 135 Å². The van der Waals surface area contributed by atoms with E-state index in [4.69, 9.17) is 0 Å². The highest BCUT2D eigenvalue weighted by molar-refractivity contribution is 6.01. The third kappa shape index (κ3) is 3.55. The van der Waals surface area contributed by atoms with Crippen LogP contribution in [0.25, 0.3) is 0 Å². The van der Waals surface area contributed by atoms with Gasteiger partial charge in [-0.2, -0.15) is 5.10 Å². The van der Waals surface area contributed by atoms with Gasteiger partial charge in [-0.05, 0) is 25.1 Å². The number of hydrazone groups is 1. The zero-order valence-electron chi connectivity index (χ0n) is 12.3. The number of anilines is 1. The Kier molecular flexibility index (Phi) is 4.59. The van der Waals surface area contributed by atoms with Crippen molar-refractivity contribution < 1.29 is 20.1 Å². The van der Waals surface area contributed by atoms with Gasteiger partial charge < -0.3 is 10.2 Å². The van der Waals surface area contributed by atoms with Crippen molar-refractivity contribution in [2.45, 2.75) is 6.92 Å². The van der Waals surface area contributed by atoms with Crippen molar-refractivity contribution >= 4 is 22.8 Å². The van der Waals surface area contributed by atoms with Gasteiger partial charge in [-0.3, -0.25) is 25.7 Å². The minimum Gasteiger partial charge on any atom is -0.508 e. The van der Waals surface area contributed by atoms with Gasteiger partial charge in [-0.15, -0.1) is 0 Å². The fourth-order valence-electron chi connectivity index (χ4n) is 1.91. The number of nitro groups is 2. The molecule has 24 heavy (non-hydrogen) atoms. The van der Waals surface area contributed by atoms with Crippen LogP contribution in [0, 0.1) is 20.2 Å². The van der Waals surface area contributed by atoms with Gasteiger partial charge >= 0.3 is 5.69 Å². The summed E-state index contributed by atoms with van der Waals surface area (Å²) in [5.74, 6) is -0.334. The highest BCUT2D eigenvalue weighted by Gasteiger charge is 2.19. The molecule has 2 aromatic rings. The molecule has 0 spiro atoms. The number of rotatable bonds is 5. The molecule has 0 aliphatic rings. The summed E-state index contributed by atoms with van der Waals surface area (Å²) in [7, 11) is 0. The Morgan fingerprint density at radius 3 is 2.38 bits per heavy atom. The van der Waals surface area contributed by atoms with E-state index in [9.17, 15) is 30.4 Å². The fourth-order valence-corrected chi connectivity index (χ4v) is 1.91. The summed E-state index contributed by atoms with van der Waals surface area (Å²) in [6.07, 6.45) is 0. The van der Waals surface area contributed by atoms with Crippen LogP contribution in [0.5, 0.6) is 11.5 Å². The summed E-state index contributed by atoms with van der Waals surface area (Å²) in [5.41, 5.74) is 2.10. The largest absolute Gasteiger partial charge is 0.508 e. The monoisotopic (exact) mass is 332 g/mol. The molecule has 0 saturated heterocycles. The van der Waals surface area contributed by atoms with Crippen molar-refractivity contribution in [2.24, 2.45) is 5.10 Å². The second-order valence-electron chi connectivity index (χ2n) is 4.73. The van der Waals surface area contributed by atoms with E-state index in [0.29, 0.717) is 11.3 Å². The standard InChI is InChI=1S/C14H12N4O6/c1-8(11-4-3-10(19)7-14(11)20)15-16-12-5-2-9(17(21)22)6-13(12)18(23)24/h2-7,16,19-20H,1H3/b15-8-. The number of nitro benzene ring substituents is 2. The predicted molar refractivity (Wildman–Crippen MR) is 85.4 cm³/mol. The average molecular weight is 332 g/mol. The van der Waals surface area contributed by atoms with E-state index in [-0.39, 0.29) is 17.2 Å². The third-order valence-electron chi connectivity index (χ3n) is 3.10. The van der Waals surface area contributed by atoms with Crippen molar-refractivity contribution in [1.82, 2.24) is 0 Å². The number of phenolic OH excluding ortho intramolecular Hbond substituents is 2. The molecule has 3 N–H and O–H groups in total. The minimum atomic E-state index is -0.766. The molecule has 0 saturated carbocycles. The number of hydrogen-bond donors (Lipinski definition) is 3. The minimum absolute atomic E-state index is 0.0387. The second kappa shape index (κ2) is 6.60. The lowest BCUT2D eigenvalue weighted by Gasteiger charge is -2.06. The summed E-state index contributed by atoms with van der Waals surface area (Å²) in [5, 5.41) is 44.6. The maximum atomic E-state index is 11.0. The van der Waals surface area contributed by atoms with Crippen molar-refractivity contribution in [3.8, 4) is 11.5 Å². The Hall–Kier alpha value is -3.69. The van der Waals surface area contributed by atoms with Crippen molar-refractivity contribution in [1.29, 1.82) is 0 Å². The first-order valence-corrected chi connectivity index (χ1v) is 6.55. The third-order valence-corrected chi connectivity index (χ3v) is 3.10. The maximum absolute atomic E-state index is 11.0. The van der Waals surface area contributed by atoms with E-state index in [1.165, 1.54) is 25.1 Å². The molecule has 0 aromatic heterocycles. The average Bonchev–Trinajstić information content (AvgIpc) is 2.52. The van der Waals surface area contributed by atoms with E-state index < -0.39 is 21.2 Å². The molecule has 124 valence electrons. The van der Waals surface area contributed by atoms with E-state index in [0.717, 1.165) is 18.2 Å². The molecule has 0 aliphatic heterocycles. The lowest BCUT2D eigenvalue weighted by atomic mass is 10.1. The second-order valence-corrected chi connectivity index (χ2v) is 4.73. The molecule has 0 heterocycles. The molecule has 0 aliphatic carbocycles. The van der Waals surface area contributed by atoms with Crippen molar-refractivity contribution in [3.63, 3.8) is 0 Å². The summed E-state index contributed by atoms with van der Waals surface area (Å²) < 4.78 is 0. The van der Waals surface area contributed by atoms with E-state index in [2.05, 4.69) is 10.5 Å². The lowest BCUT2D eigenvalue weighted by Crippen LogP contribution is -2.02. The summed E-state index contributed by atoms with van der Waals surface area (Å²) >= 11 is 0. The Morgan fingerprint density at radius 1 is 1.08 bits per heavy atom. The topological polar surface area (TPSA) is 151 Å². The zero-order valence-corrected chi connectivity index (χ0v) is 12.3. The van der Waals surface area contributed by atoms with Crippen LogP contribution in [0.3, 0.4) is 0 Å². The van der Waals surface area contributed by atoms with Gasteiger partial charge in [0, 0.05) is 17.7 Å². The van der Waals surface area contributed by atoms with Crippen LogP contribution in [-0.4, -0.2) is 25.8 Å². The highest BCUT2D eigenvalue weighted by Crippen LogP contribution is 2.29. The fraction of sp³-hybridized carbons (Fsp3) is 0.0714. The first-order chi connectivity index (χ1) is 11.3. The van der Waals surface area contributed by atoms with Crippen LogP contribution in [0.2, 0.25) is 0 Å². The van der Waals surface area contributed by atoms with Gasteiger partial charge in [0.1, 0.15) is 17.2 Å². The first kappa shape index (κ1) is 16.7. The highest BCUT2D eigenvalue weighted by atomic mass is 16.6. The number of aromatic hydroxyl groups is 2. The lowest BCUT2D eigenvalue weighted by molar-refractivity contribution is -0.393. The van der Waals surface area contributed by atoms with Crippen LogP contribution in [0.1, 0.15) is 12.5 Å². The van der Waals surface area contributed by atoms with E-state index >= 15 is 0 Å². The molecule has 0 bridgehead atoms. The quantitative estimate of drug-likeness (QED) is 0.432. The molecule has 0 fully saturated rings. The Balaban J connectivity index is 2.33. The van der Waals surface area contributed by atoms with Gasteiger partial charge in [-0.1, -0.05) is 0 Å². The molecule has 2 aromatic carbocycles. The Bertz CT molecular complexity index is 849. The summed E-state index contributed by atoms with van der Waals surface area (Å²) in [6.45, 7) is 1.54. The van der Waals surface area contributed by atoms with Gasteiger partial charge in [-0.25, -0.2) is 0 Å². The van der Waals surface area contributed by atoms with Crippen molar-refractivity contribution in [3.05, 3.63) is 62.2 Å². The number of nitrogens with zero attached hydrogens (tertiary/aromatic N) is 3. The molecular formula is C14H12N4O6. The van der Waals surface area contributed by atoms with Crippen LogP contribution in [0.4, 0.5) is 17.1 Å². The van der Waals surface area contributed by atoms with Crippen LogP contribution >= 0.6 is 0 Å². The summed E-state index contributed by atoms with van der Waals surface area (Å²) in [6, 6.07) is 7.01. The SMILES string of the molecule is C/C(=N/Nc1ccc([N+](=O)[O-])cc1[N+](=O)[O-])c1ccc(O)cc1O. The van der Waals surface area contributed by atoms with Gasteiger partial charge in [0.25, 0.3) is 5.69 Å². The van der Waals surface area contributed by atoms with Crippen molar-refractivity contribution in [2.75, 3.05) is 5.43 Å². The first-order valence-electron chi connectivity index (χ1n) is 6.55.